The molecular formula is C20H13NO4. The van der Waals surface area contributed by atoms with Crippen LogP contribution in [0, 0.1) is 0 Å². The molecular weight excluding hydrogens is 318 g/mol. The Morgan fingerprint density at radius 3 is 2.40 bits per heavy atom. The van der Waals surface area contributed by atoms with Gasteiger partial charge in [-0.1, -0.05) is 6.07 Å². The van der Waals surface area contributed by atoms with Gasteiger partial charge in [-0.05, 0) is 57.8 Å². The molecule has 3 aliphatic heterocycles. The third-order valence-corrected chi connectivity index (χ3v) is 4.90. The Morgan fingerprint density at radius 1 is 0.760 bits per heavy atom. The molecule has 3 aliphatic rings. The second kappa shape index (κ2) is 4.66. The lowest BCUT2D eigenvalue weighted by molar-refractivity contribution is 0.173. The van der Waals surface area contributed by atoms with E-state index in [1.165, 1.54) is 5.56 Å². The normalized spacial score (nSPS) is 15.8. The van der Waals surface area contributed by atoms with Crippen molar-refractivity contribution in [2.24, 2.45) is 4.99 Å². The molecule has 0 aromatic heterocycles. The van der Waals surface area contributed by atoms with Gasteiger partial charge >= 0.3 is 0 Å². The van der Waals surface area contributed by atoms with E-state index in [-0.39, 0.29) is 13.6 Å². The molecule has 0 saturated carbocycles. The summed E-state index contributed by atoms with van der Waals surface area (Å²) in [6.07, 6.45) is 1.96. The number of benzene rings is 3. The van der Waals surface area contributed by atoms with Crippen LogP contribution in [0.1, 0.15) is 11.1 Å². The minimum Gasteiger partial charge on any atom is -0.454 e. The monoisotopic (exact) mass is 331 g/mol. The summed E-state index contributed by atoms with van der Waals surface area (Å²) in [6.45, 7) is 1.25. The average Bonchev–Trinajstić information content (AvgIpc) is 3.36. The van der Waals surface area contributed by atoms with E-state index in [2.05, 4.69) is 23.2 Å². The fraction of sp³-hybridized carbons (Fsp3) is 0.150. The lowest BCUT2D eigenvalue weighted by Gasteiger charge is -2.13. The minimum atomic E-state index is 0.270. The van der Waals surface area contributed by atoms with Gasteiger partial charge in [0.15, 0.2) is 23.0 Å². The van der Waals surface area contributed by atoms with E-state index < -0.39 is 0 Å². The Kier molecular flexibility index (Phi) is 2.45. The maximum Gasteiger partial charge on any atom is 0.231 e. The van der Waals surface area contributed by atoms with Crippen molar-refractivity contribution in [3.05, 3.63) is 47.5 Å². The van der Waals surface area contributed by atoms with E-state index in [0.29, 0.717) is 6.54 Å². The van der Waals surface area contributed by atoms with Crippen LogP contribution in [0.25, 0.3) is 21.9 Å². The summed E-state index contributed by atoms with van der Waals surface area (Å²) < 4.78 is 22.1. The first-order valence-electron chi connectivity index (χ1n) is 8.16. The summed E-state index contributed by atoms with van der Waals surface area (Å²) in [6, 6.07) is 12.4. The Bertz CT molecular complexity index is 1080. The molecule has 6 rings (SSSR count). The second-order valence-electron chi connectivity index (χ2n) is 6.29. The molecule has 3 aromatic carbocycles. The van der Waals surface area contributed by atoms with Crippen LogP contribution in [0.4, 0.5) is 0 Å². The third kappa shape index (κ3) is 1.80. The van der Waals surface area contributed by atoms with Gasteiger partial charge in [-0.3, -0.25) is 4.99 Å². The van der Waals surface area contributed by atoms with Crippen molar-refractivity contribution < 1.29 is 18.9 Å². The Hall–Kier alpha value is -3.21. The smallest absolute Gasteiger partial charge is 0.231 e. The van der Waals surface area contributed by atoms with Gasteiger partial charge in [-0.25, -0.2) is 0 Å². The molecule has 0 spiro atoms. The van der Waals surface area contributed by atoms with E-state index in [4.69, 9.17) is 18.9 Å². The minimum absolute atomic E-state index is 0.270. The van der Waals surface area contributed by atoms with Crippen LogP contribution in [-0.2, 0) is 6.54 Å². The molecule has 0 radical (unpaired) electrons. The standard InChI is InChI=1S/C20H13NO4/c1-2-16-17(23-9-22-16)4-11(1)20-14-6-19-18(24-10-25-19)5-12(14)3-13-7-21-8-15(13)20/h1-6,8H,7,9-10H2. The van der Waals surface area contributed by atoms with Gasteiger partial charge in [0.25, 0.3) is 0 Å². The van der Waals surface area contributed by atoms with Crippen molar-refractivity contribution in [3.63, 3.8) is 0 Å². The van der Waals surface area contributed by atoms with Crippen LogP contribution in [0.3, 0.4) is 0 Å². The van der Waals surface area contributed by atoms with Crippen LogP contribution in [0.2, 0.25) is 0 Å². The molecule has 3 heterocycles. The molecule has 0 atom stereocenters. The van der Waals surface area contributed by atoms with E-state index in [1.54, 1.807) is 0 Å². The highest BCUT2D eigenvalue weighted by atomic mass is 16.7. The molecule has 0 amide bonds. The van der Waals surface area contributed by atoms with Gasteiger partial charge in [-0.15, -0.1) is 0 Å². The van der Waals surface area contributed by atoms with E-state index in [1.807, 2.05) is 24.4 Å². The van der Waals surface area contributed by atoms with Crippen LogP contribution >= 0.6 is 0 Å². The predicted octanol–water partition coefficient (Wildman–Crippen LogP) is 3.90. The Balaban J connectivity index is 1.69. The molecule has 0 saturated heterocycles. The van der Waals surface area contributed by atoms with Crippen LogP contribution in [-0.4, -0.2) is 19.8 Å². The van der Waals surface area contributed by atoms with Crippen molar-refractivity contribution in [2.45, 2.75) is 6.54 Å². The first-order chi connectivity index (χ1) is 12.4. The lowest BCUT2D eigenvalue weighted by Crippen LogP contribution is -1.94. The fourth-order valence-electron chi connectivity index (χ4n) is 3.74. The van der Waals surface area contributed by atoms with Gasteiger partial charge in [0.1, 0.15) is 0 Å². The molecule has 3 aromatic rings. The van der Waals surface area contributed by atoms with E-state index in [9.17, 15) is 0 Å². The van der Waals surface area contributed by atoms with Crippen molar-refractivity contribution in [1.82, 2.24) is 0 Å². The van der Waals surface area contributed by atoms with Gasteiger partial charge < -0.3 is 18.9 Å². The van der Waals surface area contributed by atoms with Crippen LogP contribution in [0.5, 0.6) is 23.0 Å². The molecule has 0 aliphatic carbocycles. The van der Waals surface area contributed by atoms with E-state index in [0.717, 1.165) is 50.5 Å². The van der Waals surface area contributed by atoms with Gasteiger partial charge in [0, 0.05) is 11.8 Å². The molecule has 5 nitrogen and oxygen atoms in total. The summed E-state index contributed by atoms with van der Waals surface area (Å²) in [7, 11) is 0. The third-order valence-electron chi connectivity index (χ3n) is 4.90. The molecule has 25 heavy (non-hydrogen) atoms. The number of hydrogen-bond donors (Lipinski definition) is 0. The first kappa shape index (κ1) is 13.1. The molecule has 0 fully saturated rings. The Morgan fingerprint density at radius 2 is 1.52 bits per heavy atom. The van der Waals surface area contributed by atoms with Crippen molar-refractivity contribution >= 4 is 17.0 Å². The Labute approximate surface area is 143 Å². The zero-order valence-electron chi connectivity index (χ0n) is 13.2. The SMILES string of the molecule is C1=NCc2cc3cc4c(cc3c(-c3ccc5c(c3)OCO5)c21)OCO4. The van der Waals surface area contributed by atoms with Crippen molar-refractivity contribution in [2.75, 3.05) is 13.6 Å². The number of aliphatic imine (C=N–C) groups is 1. The summed E-state index contributed by atoms with van der Waals surface area (Å²) >= 11 is 0. The zero-order valence-corrected chi connectivity index (χ0v) is 13.2. The fourth-order valence-corrected chi connectivity index (χ4v) is 3.74. The van der Waals surface area contributed by atoms with Gasteiger partial charge in [0.05, 0.1) is 6.54 Å². The highest BCUT2D eigenvalue weighted by Crippen LogP contribution is 2.44. The summed E-state index contributed by atoms with van der Waals surface area (Å²) in [5.74, 6) is 3.14. The second-order valence-corrected chi connectivity index (χ2v) is 6.29. The van der Waals surface area contributed by atoms with E-state index >= 15 is 0 Å². The molecule has 0 unspecified atom stereocenters. The highest BCUT2D eigenvalue weighted by Gasteiger charge is 2.22. The highest BCUT2D eigenvalue weighted by molar-refractivity contribution is 6.08. The van der Waals surface area contributed by atoms with Gasteiger partial charge in [-0.2, -0.15) is 0 Å². The topological polar surface area (TPSA) is 49.3 Å². The molecule has 5 heteroatoms. The van der Waals surface area contributed by atoms with Crippen molar-refractivity contribution in [3.8, 4) is 34.1 Å². The lowest BCUT2D eigenvalue weighted by atomic mass is 9.90. The number of hydrogen-bond acceptors (Lipinski definition) is 5. The van der Waals surface area contributed by atoms with Crippen LogP contribution < -0.4 is 18.9 Å². The van der Waals surface area contributed by atoms with Crippen molar-refractivity contribution in [1.29, 1.82) is 0 Å². The molecule has 0 N–H and O–H groups in total. The predicted molar refractivity (Wildman–Crippen MR) is 92.9 cm³/mol. The quantitative estimate of drug-likeness (QED) is 0.679. The number of rotatable bonds is 1. The zero-order chi connectivity index (χ0) is 16.4. The average molecular weight is 331 g/mol. The number of nitrogens with zero attached hydrogens (tertiary/aromatic N) is 1. The maximum absolute atomic E-state index is 5.59. The molecule has 122 valence electrons. The summed E-state index contributed by atoms with van der Waals surface area (Å²) in [5, 5.41) is 2.25. The summed E-state index contributed by atoms with van der Waals surface area (Å²) in [5.41, 5.74) is 4.60. The van der Waals surface area contributed by atoms with Gasteiger partial charge in [0.2, 0.25) is 13.6 Å². The maximum atomic E-state index is 5.59. The molecule has 0 bridgehead atoms. The number of ether oxygens (including phenoxy) is 4. The first-order valence-corrected chi connectivity index (χ1v) is 8.16. The van der Waals surface area contributed by atoms with Crippen LogP contribution in [0.15, 0.2) is 41.4 Å². The number of fused-ring (bicyclic) bond motifs is 4. The largest absolute Gasteiger partial charge is 0.454 e. The summed E-state index contributed by atoms with van der Waals surface area (Å²) in [4.78, 5) is 4.47.